The summed E-state index contributed by atoms with van der Waals surface area (Å²) in [7, 11) is 5.74. The molecule has 0 unspecified atom stereocenters. The molecular formula is C15H12BF3O. The van der Waals surface area contributed by atoms with Crippen LogP contribution in [0.1, 0.15) is 16.7 Å². The van der Waals surface area contributed by atoms with Crippen LogP contribution in [0.15, 0.2) is 36.4 Å². The summed E-state index contributed by atoms with van der Waals surface area (Å²) >= 11 is 0. The molecule has 0 aromatic heterocycles. The zero-order valence-corrected chi connectivity index (χ0v) is 11.1. The Morgan fingerprint density at radius 2 is 1.45 bits per heavy atom. The van der Waals surface area contributed by atoms with Crippen LogP contribution in [0.4, 0.5) is 13.2 Å². The highest BCUT2D eigenvalue weighted by molar-refractivity contribution is 6.33. The summed E-state index contributed by atoms with van der Waals surface area (Å²) in [6.07, 6.45) is -4.39. The highest BCUT2D eigenvalue weighted by atomic mass is 19.4. The average Bonchev–Trinajstić information content (AvgIpc) is 2.35. The molecule has 1 nitrogen and oxygen atoms in total. The van der Waals surface area contributed by atoms with Gasteiger partial charge in [0.15, 0.2) is 0 Å². The fourth-order valence-electron chi connectivity index (χ4n) is 1.79. The van der Waals surface area contributed by atoms with E-state index in [-0.39, 0.29) is 11.3 Å². The van der Waals surface area contributed by atoms with Crippen molar-refractivity contribution in [2.24, 2.45) is 0 Å². The molecule has 0 aliphatic rings. The van der Waals surface area contributed by atoms with Crippen LogP contribution in [0.3, 0.4) is 0 Å². The summed E-state index contributed by atoms with van der Waals surface area (Å²) in [5.41, 5.74) is 0.881. The Bertz CT molecular complexity index is 636. The van der Waals surface area contributed by atoms with Gasteiger partial charge in [0.25, 0.3) is 0 Å². The minimum atomic E-state index is -4.39. The van der Waals surface area contributed by atoms with Crippen molar-refractivity contribution >= 4 is 13.3 Å². The molecular weight excluding hydrogens is 264 g/mol. The molecule has 0 amide bonds. The van der Waals surface area contributed by atoms with Crippen molar-refractivity contribution in [1.82, 2.24) is 0 Å². The van der Waals surface area contributed by atoms with Gasteiger partial charge in [0, 0.05) is 0 Å². The zero-order chi connectivity index (χ0) is 14.9. The lowest BCUT2D eigenvalue weighted by Crippen LogP contribution is -2.08. The molecule has 2 aromatic rings. The molecule has 2 radical (unpaired) electrons. The number of hydrogen-bond donors (Lipinski definition) is 0. The largest absolute Gasteiger partial charge is 0.457 e. The number of alkyl halides is 3. The van der Waals surface area contributed by atoms with Gasteiger partial charge in [-0.05, 0) is 43.7 Å². The number of ether oxygens (including phenoxy) is 1. The standard InChI is InChI=1S/C15H12BF3O/c1-9-3-5-11(7-13(9)15(17,18)19)20-12-6-4-10(2)14(16)8-12/h3-8H,1-2H3. The van der Waals surface area contributed by atoms with Crippen LogP contribution >= 0.6 is 0 Å². The maximum atomic E-state index is 12.8. The number of hydrogen-bond acceptors (Lipinski definition) is 1. The zero-order valence-electron chi connectivity index (χ0n) is 11.1. The fourth-order valence-corrected chi connectivity index (χ4v) is 1.79. The summed E-state index contributed by atoms with van der Waals surface area (Å²) in [4.78, 5) is 0. The molecule has 102 valence electrons. The lowest BCUT2D eigenvalue weighted by molar-refractivity contribution is -0.138. The predicted molar refractivity (Wildman–Crippen MR) is 72.8 cm³/mol. The van der Waals surface area contributed by atoms with E-state index in [1.165, 1.54) is 19.1 Å². The van der Waals surface area contributed by atoms with Crippen LogP contribution in [0.5, 0.6) is 11.5 Å². The van der Waals surface area contributed by atoms with Crippen LogP contribution in [-0.2, 0) is 6.18 Å². The Hall–Kier alpha value is -1.91. The summed E-state index contributed by atoms with van der Waals surface area (Å²) in [6, 6.07) is 8.88. The van der Waals surface area contributed by atoms with Crippen molar-refractivity contribution in [3.05, 3.63) is 53.1 Å². The van der Waals surface area contributed by atoms with E-state index in [9.17, 15) is 13.2 Å². The lowest BCUT2D eigenvalue weighted by atomic mass is 9.91. The first-order valence-corrected chi connectivity index (χ1v) is 5.99. The molecule has 0 atom stereocenters. The molecule has 2 aromatic carbocycles. The maximum Gasteiger partial charge on any atom is 0.416 e. The molecule has 0 aliphatic heterocycles. The molecule has 20 heavy (non-hydrogen) atoms. The van der Waals surface area contributed by atoms with Crippen molar-refractivity contribution in [3.8, 4) is 11.5 Å². The minimum Gasteiger partial charge on any atom is -0.457 e. The summed E-state index contributed by atoms with van der Waals surface area (Å²) in [5.74, 6) is 0.538. The number of aryl methyl sites for hydroxylation is 2. The first-order valence-electron chi connectivity index (χ1n) is 5.99. The van der Waals surface area contributed by atoms with E-state index in [1.807, 2.05) is 6.92 Å². The molecule has 0 saturated carbocycles. The second kappa shape index (κ2) is 5.23. The number of halogens is 3. The van der Waals surface area contributed by atoms with Gasteiger partial charge in [-0.3, -0.25) is 0 Å². The van der Waals surface area contributed by atoms with Gasteiger partial charge in [-0.1, -0.05) is 23.2 Å². The summed E-state index contributed by atoms with van der Waals surface area (Å²) in [6.45, 7) is 3.25. The third-order valence-corrected chi connectivity index (χ3v) is 3.00. The number of rotatable bonds is 2. The molecule has 0 aliphatic carbocycles. The Morgan fingerprint density at radius 1 is 0.900 bits per heavy atom. The van der Waals surface area contributed by atoms with Crippen LogP contribution in [0, 0.1) is 13.8 Å². The van der Waals surface area contributed by atoms with E-state index >= 15 is 0 Å². The molecule has 0 saturated heterocycles. The van der Waals surface area contributed by atoms with E-state index in [4.69, 9.17) is 12.6 Å². The quantitative estimate of drug-likeness (QED) is 0.756. The van der Waals surface area contributed by atoms with Gasteiger partial charge >= 0.3 is 6.18 Å². The van der Waals surface area contributed by atoms with Crippen molar-refractivity contribution < 1.29 is 17.9 Å². The highest BCUT2D eigenvalue weighted by Crippen LogP contribution is 2.35. The van der Waals surface area contributed by atoms with E-state index in [0.717, 1.165) is 11.6 Å². The normalized spacial score (nSPS) is 11.4. The van der Waals surface area contributed by atoms with Crippen LogP contribution in [-0.4, -0.2) is 7.85 Å². The average molecular weight is 276 g/mol. The second-order valence-corrected chi connectivity index (χ2v) is 4.59. The molecule has 0 spiro atoms. The highest BCUT2D eigenvalue weighted by Gasteiger charge is 2.32. The van der Waals surface area contributed by atoms with Crippen molar-refractivity contribution in [2.75, 3.05) is 0 Å². The van der Waals surface area contributed by atoms with Gasteiger partial charge in [0.2, 0.25) is 0 Å². The first-order chi connectivity index (χ1) is 9.27. The van der Waals surface area contributed by atoms with Gasteiger partial charge in [0.1, 0.15) is 19.3 Å². The van der Waals surface area contributed by atoms with Gasteiger partial charge in [-0.25, -0.2) is 0 Å². The molecule has 0 fully saturated rings. The Balaban J connectivity index is 2.32. The molecule has 0 N–H and O–H groups in total. The van der Waals surface area contributed by atoms with Gasteiger partial charge < -0.3 is 4.74 Å². The van der Waals surface area contributed by atoms with Crippen molar-refractivity contribution in [2.45, 2.75) is 20.0 Å². The summed E-state index contributed by atoms with van der Waals surface area (Å²) in [5, 5.41) is 0. The van der Waals surface area contributed by atoms with Crippen molar-refractivity contribution in [3.63, 3.8) is 0 Å². The van der Waals surface area contributed by atoms with Gasteiger partial charge in [-0.15, -0.1) is 0 Å². The van der Waals surface area contributed by atoms with Gasteiger partial charge in [-0.2, -0.15) is 13.2 Å². The van der Waals surface area contributed by atoms with E-state index in [2.05, 4.69) is 0 Å². The monoisotopic (exact) mass is 276 g/mol. The van der Waals surface area contributed by atoms with Crippen LogP contribution < -0.4 is 10.2 Å². The Kier molecular flexibility index (Phi) is 3.79. The lowest BCUT2D eigenvalue weighted by Gasteiger charge is -2.13. The number of benzene rings is 2. The smallest absolute Gasteiger partial charge is 0.416 e. The van der Waals surface area contributed by atoms with E-state index in [1.54, 1.807) is 18.2 Å². The molecule has 0 bridgehead atoms. The predicted octanol–water partition coefficient (Wildman–Crippen LogP) is 3.91. The Labute approximate surface area is 116 Å². The third kappa shape index (κ3) is 3.15. The Morgan fingerprint density at radius 3 is 2.00 bits per heavy atom. The van der Waals surface area contributed by atoms with Crippen molar-refractivity contribution in [1.29, 1.82) is 0 Å². The minimum absolute atomic E-state index is 0.131. The SMILES string of the molecule is [B]c1cc(Oc2ccc(C)c(C(F)(F)F)c2)ccc1C. The molecule has 2 rings (SSSR count). The molecule has 5 heteroatoms. The third-order valence-electron chi connectivity index (χ3n) is 3.00. The first kappa shape index (κ1) is 14.5. The van der Waals surface area contributed by atoms with E-state index < -0.39 is 11.7 Å². The van der Waals surface area contributed by atoms with Crippen LogP contribution in [0.25, 0.3) is 0 Å². The second-order valence-electron chi connectivity index (χ2n) is 4.59. The summed E-state index contributed by atoms with van der Waals surface area (Å²) < 4.78 is 43.9. The van der Waals surface area contributed by atoms with Gasteiger partial charge in [0.05, 0.1) is 5.56 Å². The topological polar surface area (TPSA) is 9.23 Å². The maximum absolute atomic E-state index is 12.8. The van der Waals surface area contributed by atoms with E-state index in [0.29, 0.717) is 11.2 Å². The fraction of sp³-hybridized carbons (Fsp3) is 0.200. The van der Waals surface area contributed by atoms with Crippen LogP contribution in [0.2, 0.25) is 0 Å². The molecule has 0 heterocycles.